The average molecular weight is 389 g/mol. The zero-order chi connectivity index (χ0) is 20.2. The van der Waals surface area contributed by atoms with Crippen LogP contribution in [0.3, 0.4) is 0 Å². The molecule has 0 aliphatic heterocycles. The highest BCUT2D eigenvalue weighted by molar-refractivity contribution is 5.79. The largest absolute Gasteiger partial charge is 0.497 e. The third-order valence-electron chi connectivity index (χ3n) is 4.32. The first-order valence-corrected chi connectivity index (χ1v) is 9.47. The maximum atomic E-state index is 5.19. The second-order valence-corrected chi connectivity index (χ2v) is 6.45. The Balaban J connectivity index is 1.75. The number of aromatic nitrogens is 2. The van der Waals surface area contributed by atoms with Crippen molar-refractivity contribution in [2.45, 2.75) is 13.0 Å². The van der Waals surface area contributed by atoms with Gasteiger partial charge in [0.15, 0.2) is 5.96 Å². The van der Waals surface area contributed by atoms with Gasteiger partial charge in [0.1, 0.15) is 5.75 Å². The third-order valence-corrected chi connectivity index (χ3v) is 4.32. The summed E-state index contributed by atoms with van der Waals surface area (Å²) in [5, 5.41) is 11.2. The molecule has 0 bridgehead atoms. The molecule has 0 aliphatic carbocycles. The first-order valence-electron chi connectivity index (χ1n) is 9.47. The van der Waals surface area contributed by atoms with Crippen LogP contribution in [-0.4, -0.2) is 75.2 Å². The van der Waals surface area contributed by atoms with Gasteiger partial charge >= 0.3 is 0 Å². The van der Waals surface area contributed by atoms with Gasteiger partial charge in [-0.2, -0.15) is 5.10 Å². The summed E-state index contributed by atoms with van der Waals surface area (Å²) in [6.07, 6.45) is 2.99. The van der Waals surface area contributed by atoms with Crippen molar-refractivity contribution in [1.82, 2.24) is 25.3 Å². The molecule has 0 unspecified atom stereocenters. The molecule has 1 aromatic heterocycles. The molecule has 0 saturated carbocycles. The van der Waals surface area contributed by atoms with Crippen LogP contribution >= 0.6 is 0 Å². The summed E-state index contributed by atoms with van der Waals surface area (Å²) in [6.45, 7) is 4.18. The number of rotatable bonds is 11. The first-order chi connectivity index (χ1) is 13.7. The number of hydrogen-bond acceptors (Lipinski definition) is 5. The minimum atomic E-state index is 0.604. The number of likely N-dealkylation sites (N-methyl/N-ethyl adjacent to an activating group) is 1. The van der Waals surface area contributed by atoms with E-state index < -0.39 is 0 Å². The van der Waals surface area contributed by atoms with Crippen molar-refractivity contribution in [3.05, 3.63) is 42.2 Å². The molecule has 2 aromatic rings. The van der Waals surface area contributed by atoms with Crippen molar-refractivity contribution < 1.29 is 9.47 Å². The zero-order valence-corrected chi connectivity index (χ0v) is 17.3. The summed E-state index contributed by atoms with van der Waals surface area (Å²) in [5.41, 5.74) is 1.93. The van der Waals surface area contributed by atoms with Gasteiger partial charge in [0, 0.05) is 46.6 Å². The minimum Gasteiger partial charge on any atom is -0.497 e. The maximum absolute atomic E-state index is 5.19. The molecule has 8 nitrogen and oxygen atoms in total. The number of nitrogens with one attached hydrogen (secondary N) is 2. The van der Waals surface area contributed by atoms with Crippen LogP contribution in [0.1, 0.15) is 12.1 Å². The highest BCUT2D eigenvalue weighted by atomic mass is 16.5. The van der Waals surface area contributed by atoms with E-state index in [2.05, 4.69) is 32.7 Å². The zero-order valence-electron chi connectivity index (χ0n) is 17.3. The second kappa shape index (κ2) is 12.0. The smallest absolute Gasteiger partial charge is 0.191 e. The number of nitrogens with zero attached hydrogens (tertiary/aromatic N) is 4. The normalized spacial score (nSPS) is 11.7. The monoisotopic (exact) mass is 388 g/mol. The lowest BCUT2D eigenvalue weighted by Crippen LogP contribution is -2.40. The summed E-state index contributed by atoms with van der Waals surface area (Å²) in [5.74, 6) is 1.60. The fourth-order valence-corrected chi connectivity index (χ4v) is 2.69. The molecule has 154 valence electrons. The lowest BCUT2D eigenvalue weighted by molar-refractivity contribution is 0.180. The molecule has 2 N–H and O–H groups in total. The molecule has 28 heavy (non-hydrogen) atoms. The van der Waals surface area contributed by atoms with Gasteiger partial charge in [-0.25, -0.2) is 4.68 Å². The second-order valence-electron chi connectivity index (χ2n) is 6.45. The number of ether oxygens (including phenoxy) is 2. The van der Waals surface area contributed by atoms with Crippen molar-refractivity contribution in [3.8, 4) is 11.4 Å². The quantitative estimate of drug-likeness (QED) is 0.345. The summed E-state index contributed by atoms with van der Waals surface area (Å²) < 4.78 is 12.1. The molecule has 0 spiro atoms. The molecule has 2 rings (SSSR count). The molecule has 0 saturated heterocycles. The number of benzene rings is 1. The van der Waals surface area contributed by atoms with Crippen LogP contribution in [0.5, 0.6) is 5.75 Å². The minimum absolute atomic E-state index is 0.604. The summed E-state index contributed by atoms with van der Waals surface area (Å²) in [7, 11) is 7.28. The van der Waals surface area contributed by atoms with Gasteiger partial charge in [-0.05, 0) is 43.8 Å². The summed E-state index contributed by atoms with van der Waals surface area (Å²) >= 11 is 0. The Labute approximate surface area is 167 Å². The molecule has 1 aromatic carbocycles. The van der Waals surface area contributed by atoms with E-state index in [9.17, 15) is 0 Å². The molecule has 0 fully saturated rings. The van der Waals surface area contributed by atoms with Crippen LogP contribution in [0, 0.1) is 0 Å². The summed E-state index contributed by atoms with van der Waals surface area (Å²) in [4.78, 5) is 6.54. The van der Waals surface area contributed by atoms with E-state index in [4.69, 9.17) is 9.47 Å². The highest BCUT2D eigenvalue weighted by Crippen LogP contribution is 2.14. The van der Waals surface area contributed by atoms with E-state index in [0.29, 0.717) is 6.54 Å². The fraction of sp³-hybridized carbons (Fsp3) is 0.500. The predicted octanol–water partition coefficient (Wildman–Crippen LogP) is 1.51. The number of hydrogen-bond donors (Lipinski definition) is 2. The van der Waals surface area contributed by atoms with Gasteiger partial charge in [0.25, 0.3) is 0 Å². The van der Waals surface area contributed by atoms with Gasteiger partial charge in [0.2, 0.25) is 0 Å². The van der Waals surface area contributed by atoms with Crippen molar-refractivity contribution in [3.63, 3.8) is 0 Å². The fourth-order valence-electron chi connectivity index (χ4n) is 2.69. The Kier molecular flexibility index (Phi) is 9.30. The average Bonchev–Trinajstić information content (AvgIpc) is 3.20. The topological polar surface area (TPSA) is 75.9 Å². The van der Waals surface area contributed by atoms with Crippen LogP contribution in [0.25, 0.3) is 5.69 Å². The first kappa shape index (κ1) is 21.7. The number of aliphatic imine (C=N–C) groups is 1. The SMILES string of the molecule is CN=C(NCCN(C)CCCOC)NCc1ccn(-c2ccc(OC)cc2)n1. The van der Waals surface area contributed by atoms with Crippen LogP contribution in [0.15, 0.2) is 41.5 Å². The van der Waals surface area contributed by atoms with E-state index >= 15 is 0 Å². The third kappa shape index (κ3) is 7.21. The molecular formula is C20H32N6O2. The number of methoxy groups -OCH3 is 2. The van der Waals surface area contributed by atoms with Crippen molar-refractivity contribution >= 4 is 5.96 Å². The van der Waals surface area contributed by atoms with E-state index in [1.54, 1.807) is 21.3 Å². The predicted molar refractivity (Wildman–Crippen MR) is 112 cm³/mol. The lowest BCUT2D eigenvalue weighted by Gasteiger charge is -2.17. The van der Waals surface area contributed by atoms with Crippen LogP contribution in [0.2, 0.25) is 0 Å². The standard InChI is InChI=1S/C20H32N6O2/c1-21-20(22-11-14-25(2)12-5-15-27-3)23-16-17-10-13-26(24-17)18-6-8-19(28-4)9-7-18/h6-10,13H,5,11-12,14-16H2,1-4H3,(H2,21,22,23). The Morgan fingerprint density at radius 3 is 2.61 bits per heavy atom. The van der Waals surface area contributed by atoms with Crippen molar-refractivity contribution in [1.29, 1.82) is 0 Å². The summed E-state index contributed by atoms with van der Waals surface area (Å²) in [6, 6.07) is 9.80. The highest BCUT2D eigenvalue weighted by Gasteiger charge is 2.04. The molecule has 1 heterocycles. The Bertz CT molecular complexity index is 714. The van der Waals surface area contributed by atoms with Crippen molar-refractivity contribution in [2.75, 3.05) is 54.6 Å². The van der Waals surface area contributed by atoms with E-state index in [1.165, 1.54) is 0 Å². The molecular weight excluding hydrogens is 356 g/mol. The van der Waals surface area contributed by atoms with Gasteiger partial charge in [-0.15, -0.1) is 0 Å². The van der Waals surface area contributed by atoms with Gasteiger partial charge < -0.3 is 25.0 Å². The van der Waals surface area contributed by atoms with Crippen molar-refractivity contribution in [2.24, 2.45) is 4.99 Å². The van der Waals surface area contributed by atoms with E-state index in [-0.39, 0.29) is 0 Å². The van der Waals surface area contributed by atoms with Gasteiger partial charge in [-0.3, -0.25) is 4.99 Å². The molecule has 0 aliphatic rings. The van der Waals surface area contributed by atoms with Gasteiger partial charge in [0.05, 0.1) is 25.0 Å². The molecule has 0 radical (unpaired) electrons. The molecule has 0 amide bonds. The van der Waals surface area contributed by atoms with Gasteiger partial charge in [-0.1, -0.05) is 0 Å². The Hall–Kier alpha value is -2.58. The Morgan fingerprint density at radius 1 is 1.14 bits per heavy atom. The van der Waals surface area contributed by atoms with Crippen LogP contribution < -0.4 is 15.4 Å². The maximum Gasteiger partial charge on any atom is 0.191 e. The Morgan fingerprint density at radius 2 is 1.93 bits per heavy atom. The van der Waals surface area contributed by atoms with E-state index in [1.807, 2.05) is 41.2 Å². The lowest BCUT2D eigenvalue weighted by atomic mass is 10.3. The number of guanidine groups is 1. The van der Waals surface area contributed by atoms with Crippen LogP contribution in [0.4, 0.5) is 0 Å². The molecule has 0 atom stereocenters. The molecule has 8 heteroatoms. The van der Waals surface area contributed by atoms with Crippen LogP contribution in [-0.2, 0) is 11.3 Å². The van der Waals surface area contributed by atoms with E-state index in [0.717, 1.165) is 55.8 Å².